The number of rotatable bonds is 10. The molecular weight excluding hydrogens is 404 g/mol. The highest BCUT2D eigenvalue weighted by molar-refractivity contribution is 5.89. The fourth-order valence-corrected chi connectivity index (χ4v) is 3.36. The molecule has 0 radical (unpaired) electrons. The summed E-state index contributed by atoms with van der Waals surface area (Å²) >= 11 is 0. The summed E-state index contributed by atoms with van der Waals surface area (Å²) in [7, 11) is 1.52. The third kappa shape index (κ3) is 7.47. The number of fused-ring (bicyclic) bond motifs is 1. The molecule has 0 saturated carbocycles. The van der Waals surface area contributed by atoms with Crippen molar-refractivity contribution in [3.63, 3.8) is 0 Å². The summed E-state index contributed by atoms with van der Waals surface area (Å²) < 4.78 is 30.7. The summed E-state index contributed by atoms with van der Waals surface area (Å²) in [6, 6.07) is 0. The zero-order valence-electron chi connectivity index (χ0n) is 18.6. The highest BCUT2D eigenvalue weighted by Crippen LogP contribution is 2.39. The Morgan fingerprint density at radius 2 is 2.00 bits per heavy atom. The summed E-state index contributed by atoms with van der Waals surface area (Å²) in [6.45, 7) is 10.2. The Hall–Kier alpha value is -2.18. The smallest absolute Gasteiger partial charge is 0.333 e. The quantitative estimate of drug-likeness (QED) is 0.169. The molecule has 1 aliphatic carbocycles. The van der Waals surface area contributed by atoms with E-state index in [0.29, 0.717) is 37.2 Å². The first-order valence-corrected chi connectivity index (χ1v) is 10.5. The molecule has 0 bridgehead atoms. The van der Waals surface area contributed by atoms with Gasteiger partial charge in [-0.25, -0.2) is 9.59 Å². The number of hydrogen-bond donors (Lipinski definition) is 0. The first-order chi connectivity index (χ1) is 14.9. The van der Waals surface area contributed by atoms with Crippen molar-refractivity contribution in [2.24, 2.45) is 5.92 Å². The minimum atomic E-state index is -0.429. The van der Waals surface area contributed by atoms with Crippen molar-refractivity contribution in [3.05, 3.63) is 23.8 Å². The van der Waals surface area contributed by atoms with Gasteiger partial charge in [0.2, 0.25) is 0 Å². The zero-order chi connectivity index (χ0) is 23.0. The Labute approximate surface area is 183 Å². The second-order valence-electron chi connectivity index (χ2n) is 7.49. The minimum Gasteiger partial charge on any atom is -0.463 e. The van der Waals surface area contributed by atoms with Gasteiger partial charge in [0, 0.05) is 24.7 Å². The minimum absolute atomic E-state index is 0.109. The van der Waals surface area contributed by atoms with Crippen LogP contribution in [0.4, 0.5) is 0 Å². The molecule has 0 N–H and O–H groups in total. The van der Waals surface area contributed by atoms with Gasteiger partial charge < -0.3 is 28.4 Å². The van der Waals surface area contributed by atoms with Crippen LogP contribution in [-0.4, -0.2) is 69.6 Å². The molecule has 0 aromatic heterocycles. The van der Waals surface area contributed by atoms with Crippen LogP contribution < -0.4 is 0 Å². The molecule has 0 aromatic carbocycles. The van der Waals surface area contributed by atoms with Crippen LogP contribution in [0.5, 0.6) is 0 Å². The number of esters is 2. The van der Waals surface area contributed by atoms with E-state index in [9.17, 15) is 9.59 Å². The molecule has 3 rings (SSSR count). The lowest BCUT2D eigenvalue weighted by molar-refractivity contribution is -0.140. The third-order valence-corrected chi connectivity index (χ3v) is 5.04. The van der Waals surface area contributed by atoms with E-state index in [1.807, 2.05) is 13.0 Å². The van der Waals surface area contributed by atoms with E-state index in [1.165, 1.54) is 7.11 Å². The molecule has 2 saturated heterocycles. The normalized spacial score (nSPS) is 28.5. The molecule has 8 nitrogen and oxygen atoms in total. The van der Waals surface area contributed by atoms with Gasteiger partial charge in [-0.1, -0.05) is 19.4 Å². The molecule has 2 heterocycles. The molecule has 3 aliphatic rings. The molecule has 0 unspecified atom stereocenters. The predicted octanol–water partition coefficient (Wildman–Crippen LogP) is 2.17. The number of epoxide rings is 2. The monoisotopic (exact) mass is 436 g/mol. The van der Waals surface area contributed by atoms with Crippen LogP contribution in [-0.2, 0) is 38.0 Å². The van der Waals surface area contributed by atoms with Crippen LogP contribution in [0.1, 0.15) is 33.6 Å². The van der Waals surface area contributed by atoms with Crippen molar-refractivity contribution < 1.29 is 38.0 Å². The van der Waals surface area contributed by atoms with Crippen molar-refractivity contribution in [3.8, 4) is 12.3 Å². The summed E-state index contributed by atoms with van der Waals surface area (Å²) in [4.78, 5) is 22.8. The van der Waals surface area contributed by atoms with Gasteiger partial charge in [-0.2, -0.15) is 0 Å². The molecule has 172 valence electrons. The molecule has 6 atom stereocenters. The van der Waals surface area contributed by atoms with E-state index < -0.39 is 5.97 Å². The molecular formula is C23H32O8. The summed E-state index contributed by atoms with van der Waals surface area (Å²) in [5.41, 5.74) is 1.12. The Kier molecular flexibility index (Phi) is 9.72. The van der Waals surface area contributed by atoms with E-state index in [-0.39, 0.29) is 37.2 Å². The Balaban J connectivity index is 0.000000231. The first-order valence-electron chi connectivity index (χ1n) is 10.5. The van der Waals surface area contributed by atoms with E-state index in [2.05, 4.69) is 19.4 Å². The standard InChI is InChI=1S/C13H18O5.C10H14O3/c1-5-10-12(18-10)11(17-8-15-4)7-9(3)13(14)16-6-2;1-3-12-10(11)7-4-6(2)9-8(5-7)13-9/h1,10-12H,3,6-8H2,2,4H3;5-6,8-9H,3-4H2,1-2H3/t10-,11-,12-;6-,8-,9+/m11/s1. The van der Waals surface area contributed by atoms with Crippen molar-refractivity contribution >= 4 is 11.9 Å². The summed E-state index contributed by atoms with van der Waals surface area (Å²) in [6.07, 6.45) is 7.99. The number of methoxy groups -OCH3 is 1. The largest absolute Gasteiger partial charge is 0.463 e. The first kappa shape index (κ1) is 25.1. The number of carbonyl (C=O) groups excluding carboxylic acids is 2. The topological polar surface area (TPSA) is 96.1 Å². The number of terminal acetylenes is 1. The van der Waals surface area contributed by atoms with Gasteiger partial charge in [0.1, 0.15) is 25.1 Å². The van der Waals surface area contributed by atoms with Crippen molar-refractivity contribution in [1.82, 2.24) is 0 Å². The molecule has 8 heteroatoms. The van der Waals surface area contributed by atoms with E-state index in [0.717, 1.165) is 12.0 Å². The fraction of sp³-hybridized carbons (Fsp3) is 0.652. The van der Waals surface area contributed by atoms with Crippen LogP contribution in [0.3, 0.4) is 0 Å². The van der Waals surface area contributed by atoms with Gasteiger partial charge in [-0.15, -0.1) is 6.42 Å². The Morgan fingerprint density at radius 1 is 1.29 bits per heavy atom. The third-order valence-electron chi connectivity index (χ3n) is 5.04. The summed E-state index contributed by atoms with van der Waals surface area (Å²) in [5.74, 6) is 2.33. The lowest BCUT2D eigenvalue weighted by Gasteiger charge is -2.15. The van der Waals surface area contributed by atoms with Crippen LogP contribution in [0, 0.1) is 18.3 Å². The number of ether oxygens (including phenoxy) is 6. The van der Waals surface area contributed by atoms with Gasteiger partial charge in [0.05, 0.1) is 25.4 Å². The van der Waals surface area contributed by atoms with Gasteiger partial charge >= 0.3 is 11.9 Å². The van der Waals surface area contributed by atoms with Crippen molar-refractivity contribution in [2.75, 3.05) is 27.1 Å². The number of carbonyl (C=O) groups is 2. The Morgan fingerprint density at radius 3 is 2.55 bits per heavy atom. The summed E-state index contributed by atoms with van der Waals surface area (Å²) in [5, 5.41) is 0. The molecule has 0 aromatic rings. The number of hydrogen-bond acceptors (Lipinski definition) is 8. The highest BCUT2D eigenvalue weighted by atomic mass is 16.7. The van der Waals surface area contributed by atoms with Gasteiger partial charge in [0.15, 0.2) is 0 Å². The van der Waals surface area contributed by atoms with Crippen molar-refractivity contribution in [2.45, 2.75) is 64.1 Å². The molecule has 0 spiro atoms. The lowest BCUT2D eigenvalue weighted by Crippen LogP contribution is -2.25. The highest BCUT2D eigenvalue weighted by Gasteiger charge is 2.46. The van der Waals surface area contributed by atoms with Gasteiger partial charge in [-0.3, -0.25) is 0 Å². The van der Waals surface area contributed by atoms with Crippen LogP contribution in [0.15, 0.2) is 23.8 Å². The van der Waals surface area contributed by atoms with Crippen LogP contribution in [0.25, 0.3) is 0 Å². The average Bonchev–Trinajstić information content (AvgIpc) is 3.65. The maximum atomic E-state index is 11.5. The molecule has 0 amide bonds. The van der Waals surface area contributed by atoms with Crippen LogP contribution in [0.2, 0.25) is 0 Å². The predicted molar refractivity (Wildman–Crippen MR) is 112 cm³/mol. The maximum Gasteiger partial charge on any atom is 0.333 e. The van der Waals surface area contributed by atoms with Gasteiger partial charge in [-0.05, 0) is 32.3 Å². The second kappa shape index (κ2) is 12.0. The fourth-order valence-electron chi connectivity index (χ4n) is 3.36. The van der Waals surface area contributed by atoms with Crippen molar-refractivity contribution in [1.29, 1.82) is 0 Å². The molecule has 2 aliphatic heterocycles. The maximum absolute atomic E-state index is 11.5. The molecule has 31 heavy (non-hydrogen) atoms. The van der Waals surface area contributed by atoms with E-state index in [1.54, 1.807) is 6.92 Å². The second-order valence-corrected chi connectivity index (χ2v) is 7.49. The van der Waals surface area contributed by atoms with E-state index >= 15 is 0 Å². The SMILES string of the molecule is C#C[C@H]1O[C@H]1[C@@H](CC(=C)C(=O)OCC)OCOC.CCOC(=O)C1=C[C@H]2O[C@H]2[C@H](C)C1. The van der Waals surface area contributed by atoms with E-state index in [4.69, 9.17) is 34.8 Å². The molecule has 2 fully saturated rings. The average molecular weight is 437 g/mol. The lowest BCUT2D eigenvalue weighted by atomic mass is 9.90. The zero-order valence-corrected chi connectivity index (χ0v) is 18.6. The Bertz CT molecular complexity index is 722. The van der Waals surface area contributed by atoms with Crippen LogP contribution >= 0.6 is 0 Å². The van der Waals surface area contributed by atoms with Gasteiger partial charge in [0.25, 0.3) is 0 Å².